The van der Waals surface area contributed by atoms with Crippen molar-refractivity contribution in [1.82, 2.24) is 14.9 Å². The van der Waals surface area contributed by atoms with Crippen LogP contribution in [0.3, 0.4) is 0 Å². The van der Waals surface area contributed by atoms with Crippen LogP contribution < -0.4 is 9.46 Å². The minimum atomic E-state index is -1.85. The maximum Gasteiger partial charge on any atom is 0.193 e. The molecule has 0 fully saturated rings. The average Bonchev–Trinajstić information content (AvgIpc) is 3.31. The number of anilines is 1. The van der Waals surface area contributed by atoms with E-state index in [1.807, 2.05) is 24.4 Å². The summed E-state index contributed by atoms with van der Waals surface area (Å²) in [6, 6.07) is 10.00. The minimum Gasteiger partial charge on any atom is -0.496 e. The predicted octanol–water partition coefficient (Wildman–Crippen LogP) is 3.66. The number of hydrogen-bond acceptors (Lipinski definition) is 5. The number of aromatic nitrogens is 3. The van der Waals surface area contributed by atoms with Crippen molar-refractivity contribution in [2.45, 2.75) is 18.4 Å². The van der Waals surface area contributed by atoms with E-state index in [1.165, 1.54) is 19.2 Å². The molecular formula is C19H17FN4O3S. The fourth-order valence-electron chi connectivity index (χ4n) is 2.89. The Kier molecular flexibility index (Phi) is 4.82. The Morgan fingerprint density at radius 1 is 1.32 bits per heavy atom. The maximum atomic E-state index is 14.1. The van der Waals surface area contributed by atoms with Gasteiger partial charge in [0.15, 0.2) is 22.4 Å². The molecule has 2 aromatic carbocycles. The average molecular weight is 400 g/mol. The molecule has 0 radical (unpaired) electrons. The summed E-state index contributed by atoms with van der Waals surface area (Å²) < 4.78 is 42.0. The molecule has 4 rings (SSSR count). The second kappa shape index (κ2) is 7.43. The van der Waals surface area contributed by atoms with Crippen LogP contribution in [0.4, 0.5) is 10.2 Å². The molecule has 0 aliphatic heterocycles. The van der Waals surface area contributed by atoms with Crippen LogP contribution in [0.15, 0.2) is 58.2 Å². The molecule has 1 atom stereocenters. The normalized spacial score (nSPS) is 12.2. The molecule has 144 valence electrons. The smallest absolute Gasteiger partial charge is 0.193 e. The molecule has 28 heavy (non-hydrogen) atoms. The van der Waals surface area contributed by atoms with E-state index in [1.54, 1.807) is 23.9 Å². The van der Waals surface area contributed by atoms with Gasteiger partial charge in [0.25, 0.3) is 0 Å². The number of aryl methyl sites for hydroxylation is 1. The SMILES string of the molecule is COc1cc(Cn2cccn2)cc2onc(NS(=O)c3ccc(C)cc3F)c12. The molecule has 0 aliphatic rings. The monoisotopic (exact) mass is 400 g/mol. The zero-order valence-electron chi connectivity index (χ0n) is 15.2. The predicted molar refractivity (Wildman–Crippen MR) is 103 cm³/mol. The van der Waals surface area contributed by atoms with Gasteiger partial charge < -0.3 is 9.26 Å². The Morgan fingerprint density at radius 2 is 2.18 bits per heavy atom. The Balaban J connectivity index is 1.67. The van der Waals surface area contributed by atoms with Gasteiger partial charge in [-0.1, -0.05) is 11.2 Å². The Labute approximate surface area is 162 Å². The Bertz CT molecular complexity index is 1160. The molecular weight excluding hydrogens is 383 g/mol. The fourth-order valence-corrected chi connectivity index (χ4v) is 3.74. The topological polar surface area (TPSA) is 82.2 Å². The van der Waals surface area contributed by atoms with Crippen molar-refractivity contribution in [2.75, 3.05) is 11.8 Å². The molecule has 0 aliphatic carbocycles. The van der Waals surface area contributed by atoms with Crippen molar-refractivity contribution >= 4 is 27.8 Å². The summed E-state index contributed by atoms with van der Waals surface area (Å²) in [6.45, 7) is 2.29. The highest BCUT2D eigenvalue weighted by molar-refractivity contribution is 7.86. The van der Waals surface area contributed by atoms with E-state index in [2.05, 4.69) is 15.0 Å². The van der Waals surface area contributed by atoms with E-state index in [0.29, 0.717) is 23.3 Å². The molecule has 2 aromatic heterocycles. The lowest BCUT2D eigenvalue weighted by molar-refractivity contribution is 0.418. The summed E-state index contributed by atoms with van der Waals surface area (Å²) in [6.07, 6.45) is 3.55. The first-order valence-corrected chi connectivity index (χ1v) is 9.58. The van der Waals surface area contributed by atoms with Gasteiger partial charge in [-0.3, -0.25) is 9.40 Å². The molecule has 9 heteroatoms. The molecule has 0 amide bonds. The van der Waals surface area contributed by atoms with Crippen molar-refractivity contribution in [3.05, 3.63) is 65.7 Å². The number of halogens is 1. The van der Waals surface area contributed by atoms with E-state index in [9.17, 15) is 8.60 Å². The van der Waals surface area contributed by atoms with Crippen molar-refractivity contribution in [3.8, 4) is 5.75 Å². The number of fused-ring (bicyclic) bond motifs is 1. The standard InChI is InChI=1S/C19H17FN4O3S/c1-12-4-5-17(14(20)8-12)28(25)23-19-18-15(26-2)9-13(10-16(18)27-22-19)11-24-7-3-6-21-24/h3-10H,11H2,1-2H3,(H,22,23). The third kappa shape index (κ3) is 3.48. The van der Waals surface area contributed by atoms with Crippen molar-refractivity contribution in [2.24, 2.45) is 0 Å². The van der Waals surface area contributed by atoms with E-state index in [0.717, 1.165) is 11.1 Å². The third-order valence-electron chi connectivity index (χ3n) is 4.20. The quantitative estimate of drug-likeness (QED) is 0.534. The fraction of sp³-hybridized carbons (Fsp3) is 0.158. The molecule has 1 N–H and O–H groups in total. The lowest BCUT2D eigenvalue weighted by atomic mass is 10.1. The largest absolute Gasteiger partial charge is 0.496 e. The number of nitrogens with zero attached hydrogens (tertiary/aromatic N) is 3. The van der Waals surface area contributed by atoms with Crippen molar-refractivity contribution < 1.29 is 17.9 Å². The van der Waals surface area contributed by atoms with Gasteiger partial charge in [-0.2, -0.15) is 5.10 Å². The zero-order valence-corrected chi connectivity index (χ0v) is 16.0. The summed E-state index contributed by atoms with van der Waals surface area (Å²) in [5.41, 5.74) is 2.11. The number of benzene rings is 2. The van der Waals surface area contributed by atoms with Crippen LogP contribution in [0.25, 0.3) is 11.0 Å². The van der Waals surface area contributed by atoms with Crippen LogP contribution in [0.2, 0.25) is 0 Å². The molecule has 7 nitrogen and oxygen atoms in total. The second-order valence-electron chi connectivity index (χ2n) is 6.21. The van der Waals surface area contributed by atoms with Gasteiger partial charge >= 0.3 is 0 Å². The Hall–Kier alpha value is -3.20. The van der Waals surface area contributed by atoms with E-state index < -0.39 is 16.8 Å². The first-order valence-electron chi connectivity index (χ1n) is 8.43. The van der Waals surface area contributed by atoms with Gasteiger partial charge in [0, 0.05) is 12.4 Å². The molecule has 0 spiro atoms. The minimum absolute atomic E-state index is 0.0380. The van der Waals surface area contributed by atoms with Gasteiger partial charge in [-0.25, -0.2) is 8.60 Å². The molecule has 4 aromatic rings. The van der Waals surface area contributed by atoms with Gasteiger partial charge in [0.2, 0.25) is 0 Å². The number of rotatable bonds is 6. The second-order valence-corrected chi connectivity index (χ2v) is 7.39. The maximum absolute atomic E-state index is 14.1. The lowest BCUT2D eigenvalue weighted by Gasteiger charge is -2.08. The number of hydrogen-bond donors (Lipinski definition) is 1. The summed E-state index contributed by atoms with van der Waals surface area (Å²) in [4.78, 5) is 0.0380. The van der Waals surface area contributed by atoms with E-state index >= 15 is 0 Å². The summed E-state index contributed by atoms with van der Waals surface area (Å²) in [7, 11) is -0.320. The molecule has 2 heterocycles. The van der Waals surface area contributed by atoms with Gasteiger partial charge in [-0.15, -0.1) is 0 Å². The highest BCUT2D eigenvalue weighted by Gasteiger charge is 2.19. The molecule has 0 saturated carbocycles. The van der Waals surface area contributed by atoms with Gasteiger partial charge in [0.1, 0.15) is 17.0 Å². The highest BCUT2D eigenvalue weighted by Crippen LogP contribution is 2.34. The first-order chi connectivity index (χ1) is 13.5. The van der Waals surface area contributed by atoms with Crippen molar-refractivity contribution in [1.29, 1.82) is 0 Å². The molecule has 0 bridgehead atoms. The van der Waals surface area contributed by atoms with Crippen LogP contribution in [-0.4, -0.2) is 26.3 Å². The number of nitrogens with one attached hydrogen (secondary N) is 1. The van der Waals surface area contributed by atoms with Crippen LogP contribution in [0.1, 0.15) is 11.1 Å². The lowest BCUT2D eigenvalue weighted by Crippen LogP contribution is -2.07. The zero-order chi connectivity index (χ0) is 19.7. The van der Waals surface area contributed by atoms with Crippen LogP contribution in [0, 0.1) is 12.7 Å². The Morgan fingerprint density at radius 3 is 2.89 bits per heavy atom. The molecule has 1 unspecified atom stereocenters. The third-order valence-corrected chi connectivity index (χ3v) is 5.31. The van der Waals surface area contributed by atoms with Crippen LogP contribution in [-0.2, 0) is 17.5 Å². The van der Waals surface area contributed by atoms with Gasteiger partial charge in [0.05, 0.1) is 18.6 Å². The highest BCUT2D eigenvalue weighted by atomic mass is 32.2. The van der Waals surface area contributed by atoms with Crippen LogP contribution in [0.5, 0.6) is 5.75 Å². The summed E-state index contributed by atoms with van der Waals surface area (Å²) >= 11 is 0. The summed E-state index contributed by atoms with van der Waals surface area (Å²) in [5.74, 6) is 0.174. The number of methoxy groups -OCH3 is 1. The van der Waals surface area contributed by atoms with Gasteiger partial charge in [-0.05, 0) is 48.4 Å². The molecule has 0 saturated heterocycles. The van der Waals surface area contributed by atoms with E-state index in [-0.39, 0.29) is 10.7 Å². The number of ether oxygens (including phenoxy) is 1. The van der Waals surface area contributed by atoms with Crippen molar-refractivity contribution in [3.63, 3.8) is 0 Å². The first kappa shape index (κ1) is 18.2. The summed E-state index contributed by atoms with van der Waals surface area (Å²) in [5, 5.41) is 8.67. The van der Waals surface area contributed by atoms with Crippen LogP contribution >= 0.6 is 0 Å². The van der Waals surface area contributed by atoms with E-state index in [4.69, 9.17) is 9.26 Å².